The molecular formula is C19H18N2O4. The summed E-state index contributed by atoms with van der Waals surface area (Å²) in [5.41, 5.74) is 1.81. The summed E-state index contributed by atoms with van der Waals surface area (Å²) in [7, 11) is 0. The zero-order valence-electron chi connectivity index (χ0n) is 13.8. The first kappa shape index (κ1) is 18.0. The molecule has 128 valence electrons. The van der Waals surface area contributed by atoms with Crippen LogP contribution in [0.1, 0.15) is 28.4 Å². The highest BCUT2D eigenvalue weighted by Crippen LogP contribution is 2.03. The molecule has 0 radical (unpaired) electrons. The van der Waals surface area contributed by atoms with Crippen LogP contribution in [0.4, 0.5) is 4.79 Å². The molecule has 0 atom stereocenters. The van der Waals surface area contributed by atoms with Crippen LogP contribution < -0.4 is 5.32 Å². The first-order chi connectivity index (χ1) is 12.2. The van der Waals surface area contributed by atoms with Gasteiger partial charge in [0.25, 0.3) is 0 Å². The zero-order valence-corrected chi connectivity index (χ0v) is 13.8. The van der Waals surface area contributed by atoms with Crippen molar-refractivity contribution in [1.29, 1.82) is 0 Å². The average Bonchev–Trinajstić information content (AvgIpc) is 2.65. The first-order valence-corrected chi connectivity index (χ1v) is 7.74. The summed E-state index contributed by atoms with van der Waals surface area (Å²) >= 11 is 0. The smallest absolute Gasteiger partial charge is 0.408 e. The molecule has 0 aliphatic rings. The Morgan fingerprint density at radius 3 is 2.72 bits per heavy atom. The van der Waals surface area contributed by atoms with Crippen molar-refractivity contribution >= 4 is 12.1 Å². The van der Waals surface area contributed by atoms with Gasteiger partial charge in [0.2, 0.25) is 0 Å². The normalized spacial score (nSPS) is 9.48. The van der Waals surface area contributed by atoms with Gasteiger partial charge >= 0.3 is 12.1 Å². The van der Waals surface area contributed by atoms with Crippen LogP contribution in [-0.2, 0) is 16.1 Å². The van der Waals surface area contributed by atoms with Gasteiger partial charge in [-0.2, -0.15) is 0 Å². The van der Waals surface area contributed by atoms with Crippen LogP contribution in [0.5, 0.6) is 0 Å². The lowest BCUT2D eigenvalue weighted by atomic mass is 10.2. The molecule has 0 aliphatic heterocycles. The summed E-state index contributed by atoms with van der Waals surface area (Å²) in [4.78, 5) is 27.1. The van der Waals surface area contributed by atoms with E-state index in [1.807, 2.05) is 30.3 Å². The summed E-state index contributed by atoms with van der Waals surface area (Å²) in [5.74, 6) is 5.15. The van der Waals surface area contributed by atoms with E-state index in [0.29, 0.717) is 17.7 Å². The number of rotatable bonds is 5. The molecular weight excluding hydrogens is 320 g/mol. The van der Waals surface area contributed by atoms with Gasteiger partial charge in [0, 0.05) is 18.0 Å². The number of esters is 1. The van der Waals surface area contributed by atoms with Gasteiger partial charge < -0.3 is 14.8 Å². The van der Waals surface area contributed by atoms with E-state index in [-0.39, 0.29) is 13.2 Å². The summed E-state index contributed by atoms with van der Waals surface area (Å²) in [5, 5.41) is 2.53. The minimum Gasteiger partial charge on any atom is -0.462 e. The Morgan fingerprint density at radius 2 is 1.96 bits per heavy atom. The Bertz CT molecular complexity index is 779. The van der Waals surface area contributed by atoms with Crippen molar-refractivity contribution in [3.63, 3.8) is 0 Å². The Morgan fingerprint density at radius 1 is 1.16 bits per heavy atom. The number of nitrogens with zero attached hydrogens (tertiary/aromatic N) is 1. The maximum Gasteiger partial charge on any atom is 0.408 e. The second-order valence-electron chi connectivity index (χ2n) is 4.90. The minimum atomic E-state index is -0.545. The monoisotopic (exact) mass is 338 g/mol. The molecule has 0 spiro atoms. The van der Waals surface area contributed by atoms with Crippen molar-refractivity contribution in [2.24, 2.45) is 0 Å². The fourth-order valence-corrected chi connectivity index (χ4v) is 1.87. The topological polar surface area (TPSA) is 77.5 Å². The summed E-state index contributed by atoms with van der Waals surface area (Å²) in [6.07, 6.45) is 2.41. The van der Waals surface area contributed by atoms with Crippen LogP contribution in [0, 0.1) is 11.8 Å². The lowest BCUT2D eigenvalue weighted by molar-refractivity contribution is 0.0525. The van der Waals surface area contributed by atoms with Crippen LogP contribution in [0.3, 0.4) is 0 Å². The second kappa shape index (κ2) is 9.73. The van der Waals surface area contributed by atoms with Crippen molar-refractivity contribution in [2.75, 3.05) is 13.2 Å². The van der Waals surface area contributed by atoms with Gasteiger partial charge in [-0.15, -0.1) is 0 Å². The second-order valence-corrected chi connectivity index (χ2v) is 4.90. The van der Waals surface area contributed by atoms with Crippen LogP contribution in [-0.4, -0.2) is 30.2 Å². The predicted molar refractivity (Wildman–Crippen MR) is 91.7 cm³/mol. The van der Waals surface area contributed by atoms with Gasteiger partial charge in [-0.3, -0.25) is 4.98 Å². The molecule has 0 aliphatic carbocycles. The molecule has 0 saturated heterocycles. The van der Waals surface area contributed by atoms with Crippen LogP contribution >= 0.6 is 0 Å². The van der Waals surface area contributed by atoms with Gasteiger partial charge in [-0.25, -0.2) is 9.59 Å². The van der Waals surface area contributed by atoms with E-state index in [1.54, 1.807) is 13.0 Å². The number of carbonyl (C=O) groups is 2. The number of carbonyl (C=O) groups excluding carboxylic acids is 2. The SMILES string of the molecule is CCOC(=O)c1cncc(C#CCNC(=O)OCc2ccccc2)c1. The van der Waals surface area contributed by atoms with Gasteiger partial charge in [0.1, 0.15) is 6.61 Å². The molecule has 1 aromatic carbocycles. The van der Waals surface area contributed by atoms with E-state index in [2.05, 4.69) is 22.1 Å². The summed E-state index contributed by atoms with van der Waals surface area (Å²) in [6, 6.07) is 11.0. The van der Waals surface area contributed by atoms with Crippen molar-refractivity contribution in [2.45, 2.75) is 13.5 Å². The van der Waals surface area contributed by atoms with Crippen molar-refractivity contribution in [3.05, 3.63) is 65.5 Å². The maximum atomic E-state index is 11.6. The van der Waals surface area contributed by atoms with Crippen molar-refractivity contribution in [3.8, 4) is 11.8 Å². The van der Waals surface area contributed by atoms with E-state index in [1.165, 1.54) is 12.4 Å². The third kappa shape index (κ3) is 6.36. The molecule has 2 aromatic rings. The number of ether oxygens (including phenoxy) is 2. The van der Waals surface area contributed by atoms with E-state index in [0.717, 1.165) is 5.56 Å². The fourth-order valence-electron chi connectivity index (χ4n) is 1.87. The van der Waals surface area contributed by atoms with Crippen LogP contribution in [0.25, 0.3) is 0 Å². The predicted octanol–water partition coefficient (Wildman–Crippen LogP) is 2.54. The van der Waals surface area contributed by atoms with Crippen molar-refractivity contribution in [1.82, 2.24) is 10.3 Å². The van der Waals surface area contributed by atoms with Gasteiger partial charge in [-0.1, -0.05) is 42.2 Å². The summed E-state index contributed by atoms with van der Waals surface area (Å²) in [6.45, 7) is 2.35. The van der Waals surface area contributed by atoms with E-state index in [4.69, 9.17) is 9.47 Å². The Balaban J connectivity index is 1.79. The third-order valence-corrected chi connectivity index (χ3v) is 3.02. The van der Waals surface area contributed by atoms with Crippen LogP contribution in [0.15, 0.2) is 48.8 Å². The molecule has 0 fully saturated rings. The number of pyridine rings is 1. The zero-order chi connectivity index (χ0) is 17.9. The van der Waals surface area contributed by atoms with Gasteiger partial charge in [0.15, 0.2) is 0 Å². The highest BCUT2D eigenvalue weighted by molar-refractivity contribution is 5.89. The third-order valence-electron chi connectivity index (χ3n) is 3.02. The molecule has 0 unspecified atom stereocenters. The number of aromatic nitrogens is 1. The lowest BCUT2D eigenvalue weighted by Crippen LogP contribution is -2.24. The van der Waals surface area contributed by atoms with Gasteiger partial charge in [-0.05, 0) is 18.6 Å². The lowest BCUT2D eigenvalue weighted by Gasteiger charge is -2.04. The van der Waals surface area contributed by atoms with E-state index in [9.17, 15) is 9.59 Å². The minimum absolute atomic E-state index is 0.122. The van der Waals surface area contributed by atoms with Gasteiger partial charge in [0.05, 0.1) is 18.7 Å². The Hall–Kier alpha value is -3.33. The summed E-state index contributed by atoms with van der Waals surface area (Å²) < 4.78 is 9.97. The number of alkyl carbamates (subject to hydrolysis) is 1. The van der Waals surface area contributed by atoms with Crippen LogP contribution in [0.2, 0.25) is 0 Å². The van der Waals surface area contributed by atoms with Crippen molar-refractivity contribution < 1.29 is 19.1 Å². The Kier molecular flexibility index (Phi) is 7.01. The maximum absolute atomic E-state index is 11.6. The molecule has 1 amide bonds. The largest absolute Gasteiger partial charge is 0.462 e. The molecule has 0 bridgehead atoms. The molecule has 6 heteroatoms. The average molecular weight is 338 g/mol. The standard InChI is InChI=1S/C19H18N2O4/c1-2-24-18(22)17-11-16(12-20-13-17)9-6-10-21-19(23)25-14-15-7-4-3-5-8-15/h3-5,7-8,11-13H,2,10,14H2,1H3,(H,21,23). The van der Waals surface area contributed by atoms with E-state index < -0.39 is 12.1 Å². The molecule has 25 heavy (non-hydrogen) atoms. The quantitative estimate of drug-likeness (QED) is 0.670. The number of amides is 1. The molecule has 1 aromatic heterocycles. The molecule has 6 nitrogen and oxygen atoms in total. The highest BCUT2D eigenvalue weighted by atomic mass is 16.5. The fraction of sp³-hybridized carbons (Fsp3) is 0.211. The van der Waals surface area contributed by atoms with E-state index >= 15 is 0 Å². The number of nitrogens with one attached hydrogen (secondary N) is 1. The first-order valence-electron chi connectivity index (χ1n) is 7.74. The number of hydrogen-bond donors (Lipinski definition) is 1. The molecule has 2 rings (SSSR count). The highest BCUT2D eigenvalue weighted by Gasteiger charge is 2.06. The number of benzene rings is 1. The molecule has 0 saturated carbocycles. The molecule has 1 N–H and O–H groups in total. The number of hydrogen-bond acceptors (Lipinski definition) is 5. The Labute approximate surface area is 146 Å². The molecule has 1 heterocycles.